The topological polar surface area (TPSA) is 29.5 Å². The molecule has 1 aromatic carbocycles. The molecule has 0 heterocycles. The van der Waals surface area contributed by atoms with E-state index < -0.39 is 0 Å². The Balaban J connectivity index is 3.25. The van der Waals surface area contributed by atoms with Crippen molar-refractivity contribution in [2.45, 2.75) is 51.9 Å². The molecule has 0 aliphatic heterocycles. The lowest BCUT2D eigenvalue weighted by molar-refractivity contribution is 0.214. The molecule has 1 N–H and O–H groups in total. The summed E-state index contributed by atoms with van der Waals surface area (Å²) < 4.78 is 5.42. The lowest BCUT2D eigenvalue weighted by Gasteiger charge is -2.26. The van der Waals surface area contributed by atoms with E-state index in [4.69, 9.17) is 4.74 Å². The summed E-state index contributed by atoms with van der Waals surface area (Å²) in [6, 6.07) is 6.38. The molecular weight excluding hydrogens is 224 g/mol. The van der Waals surface area contributed by atoms with Gasteiger partial charge in [0.2, 0.25) is 0 Å². The van der Waals surface area contributed by atoms with Crippen LogP contribution in [0.2, 0.25) is 0 Å². The third-order valence-electron chi connectivity index (χ3n) is 3.80. The van der Waals surface area contributed by atoms with Crippen LogP contribution >= 0.6 is 0 Å². The predicted molar refractivity (Wildman–Crippen MR) is 76.4 cm³/mol. The second kappa shape index (κ2) is 6.24. The molecule has 0 aliphatic rings. The smallest absolute Gasteiger partial charge is 0.122 e. The first kappa shape index (κ1) is 15.0. The van der Waals surface area contributed by atoms with Crippen LogP contribution < -0.4 is 4.74 Å². The predicted octanol–water partition coefficient (Wildman–Crippen LogP) is 3.87. The van der Waals surface area contributed by atoms with Crippen LogP contribution in [-0.4, -0.2) is 18.8 Å². The fourth-order valence-electron chi connectivity index (χ4n) is 2.35. The third-order valence-corrected chi connectivity index (χ3v) is 3.80. The average Bonchev–Trinajstić information content (AvgIpc) is 2.40. The van der Waals surface area contributed by atoms with Crippen LogP contribution in [-0.2, 0) is 5.41 Å². The van der Waals surface area contributed by atoms with Crippen LogP contribution in [0.15, 0.2) is 18.2 Å². The van der Waals surface area contributed by atoms with E-state index in [0.29, 0.717) is 5.92 Å². The van der Waals surface area contributed by atoms with Crippen molar-refractivity contribution >= 4 is 0 Å². The minimum atomic E-state index is -0.270. The molecule has 0 fully saturated rings. The Kier molecular flexibility index (Phi) is 5.21. The molecule has 0 bridgehead atoms. The van der Waals surface area contributed by atoms with Crippen molar-refractivity contribution in [1.82, 2.24) is 0 Å². The van der Waals surface area contributed by atoms with Crippen molar-refractivity contribution < 1.29 is 9.84 Å². The Morgan fingerprint density at radius 2 is 1.83 bits per heavy atom. The monoisotopic (exact) mass is 250 g/mol. The lowest BCUT2D eigenvalue weighted by Crippen LogP contribution is -2.23. The summed E-state index contributed by atoms with van der Waals surface area (Å²) in [6.45, 7) is 8.64. The zero-order valence-electron chi connectivity index (χ0n) is 12.3. The first-order valence-corrected chi connectivity index (χ1v) is 6.79. The van der Waals surface area contributed by atoms with E-state index >= 15 is 0 Å². The highest BCUT2D eigenvalue weighted by atomic mass is 16.5. The van der Waals surface area contributed by atoms with Crippen molar-refractivity contribution in [3.63, 3.8) is 0 Å². The van der Waals surface area contributed by atoms with Gasteiger partial charge in [0.1, 0.15) is 5.75 Å². The molecule has 0 amide bonds. The van der Waals surface area contributed by atoms with Crippen molar-refractivity contribution in [2.75, 3.05) is 13.7 Å². The third kappa shape index (κ3) is 3.05. The fourth-order valence-corrected chi connectivity index (χ4v) is 2.35. The zero-order chi connectivity index (χ0) is 13.8. The van der Waals surface area contributed by atoms with Crippen LogP contribution in [0.3, 0.4) is 0 Å². The summed E-state index contributed by atoms with van der Waals surface area (Å²) in [5.74, 6) is 1.45. The zero-order valence-corrected chi connectivity index (χ0v) is 12.3. The molecule has 0 spiro atoms. The van der Waals surface area contributed by atoms with E-state index in [1.165, 1.54) is 5.56 Å². The standard InChI is InChI=1S/C16H26O2/c1-6-12(7-2)13-8-9-15(18-5)14(10-13)16(3,4)11-17/h8-10,12,17H,6-7,11H2,1-5H3. The van der Waals surface area contributed by atoms with Crippen molar-refractivity contribution in [3.8, 4) is 5.75 Å². The molecule has 1 rings (SSSR count). The molecular formula is C16H26O2. The highest BCUT2D eigenvalue weighted by Crippen LogP contribution is 2.35. The van der Waals surface area contributed by atoms with Crippen LogP contribution in [0.25, 0.3) is 0 Å². The molecule has 0 radical (unpaired) electrons. The Morgan fingerprint density at radius 3 is 2.28 bits per heavy atom. The van der Waals surface area contributed by atoms with Gasteiger partial charge in [-0.25, -0.2) is 0 Å². The lowest BCUT2D eigenvalue weighted by atomic mass is 9.82. The quantitative estimate of drug-likeness (QED) is 0.830. The second-order valence-corrected chi connectivity index (χ2v) is 5.52. The average molecular weight is 250 g/mol. The fraction of sp³-hybridized carbons (Fsp3) is 0.625. The molecule has 18 heavy (non-hydrogen) atoms. The van der Waals surface area contributed by atoms with Gasteiger partial charge in [0.25, 0.3) is 0 Å². The summed E-state index contributed by atoms with van der Waals surface area (Å²) in [5.41, 5.74) is 2.17. The maximum absolute atomic E-state index is 9.56. The Bertz CT molecular complexity index is 379. The summed E-state index contributed by atoms with van der Waals surface area (Å²) in [5, 5.41) is 9.56. The van der Waals surface area contributed by atoms with Gasteiger partial charge in [0, 0.05) is 11.0 Å². The molecule has 102 valence electrons. The molecule has 0 atom stereocenters. The second-order valence-electron chi connectivity index (χ2n) is 5.52. The minimum Gasteiger partial charge on any atom is -0.496 e. The Morgan fingerprint density at radius 1 is 1.22 bits per heavy atom. The van der Waals surface area contributed by atoms with E-state index in [1.807, 2.05) is 19.9 Å². The van der Waals surface area contributed by atoms with Gasteiger partial charge in [-0.05, 0) is 30.4 Å². The van der Waals surface area contributed by atoms with Crippen LogP contribution in [0.4, 0.5) is 0 Å². The molecule has 1 aromatic rings. The number of ether oxygens (including phenoxy) is 1. The van der Waals surface area contributed by atoms with E-state index in [9.17, 15) is 5.11 Å². The number of aliphatic hydroxyl groups excluding tert-OH is 1. The van der Waals surface area contributed by atoms with E-state index in [-0.39, 0.29) is 12.0 Å². The van der Waals surface area contributed by atoms with Crippen LogP contribution in [0.1, 0.15) is 57.6 Å². The van der Waals surface area contributed by atoms with Gasteiger partial charge in [-0.3, -0.25) is 0 Å². The van der Waals surface area contributed by atoms with E-state index in [0.717, 1.165) is 24.2 Å². The molecule has 0 unspecified atom stereocenters. The van der Waals surface area contributed by atoms with Gasteiger partial charge in [0.15, 0.2) is 0 Å². The molecule has 0 aromatic heterocycles. The van der Waals surface area contributed by atoms with Gasteiger partial charge in [0.05, 0.1) is 13.7 Å². The van der Waals surface area contributed by atoms with Gasteiger partial charge in [-0.1, -0.05) is 39.8 Å². The SMILES string of the molecule is CCC(CC)c1ccc(OC)c(C(C)(C)CO)c1. The highest BCUT2D eigenvalue weighted by molar-refractivity contribution is 5.43. The molecule has 0 saturated carbocycles. The largest absolute Gasteiger partial charge is 0.496 e. The maximum atomic E-state index is 9.56. The van der Waals surface area contributed by atoms with E-state index in [1.54, 1.807) is 7.11 Å². The van der Waals surface area contributed by atoms with Crippen LogP contribution in [0.5, 0.6) is 5.75 Å². The van der Waals surface area contributed by atoms with Gasteiger partial charge in [-0.2, -0.15) is 0 Å². The number of hydrogen-bond donors (Lipinski definition) is 1. The minimum absolute atomic E-state index is 0.121. The number of rotatable bonds is 6. The molecule has 0 aliphatic carbocycles. The first-order valence-electron chi connectivity index (χ1n) is 6.79. The number of hydrogen-bond acceptors (Lipinski definition) is 2. The van der Waals surface area contributed by atoms with Crippen molar-refractivity contribution in [3.05, 3.63) is 29.3 Å². The van der Waals surface area contributed by atoms with E-state index in [2.05, 4.69) is 26.0 Å². The molecule has 2 nitrogen and oxygen atoms in total. The Labute approximate surface area is 111 Å². The number of benzene rings is 1. The highest BCUT2D eigenvalue weighted by Gasteiger charge is 2.24. The molecule has 0 saturated heterocycles. The first-order chi connectivity index (χ1) is 8.50. The molecule has 2 heteroatoms. The van der Waals surface area contributed by atoms with Crippen molar-refractivity contribution in [1.29, 1.82) is 0 Å². The van der Waals surface area contributed by atoms with Gasteiger partial charge < -0.3 is 9.84 Å². The normalized spacial score (nSPS) is 11.9. The summed E-state index contributed by atoms with van der Waals surface area (Å²) in [7, 11) is 1.68. The number of aliphatic hydroxyl groups is 1. The Hall–Kier alpha value is -1.02. The summed E-state index contributed by atoms with van der Waals surface area (Å²) in [4.78, 5) is 0. The summed E-state index contributed by atoms with van der Waals surface area (Å²) in [6.07, 6.45) is 2.28. The maximum Gasteiger partial charge on any atom is 0.122 e. The van der Waals surface area contributed by atoms with Crippen LogP contribution in [0, 0.1) is 0 Å². The van der Waals surface area contributed by atoms with Gasteiger partial charge >= 0.3 is 0 Å². The van der Waals surface area contributed by atoms with Gasteiger partial charge in [-0.15, -0.1) is 0 Å². The van der Waals surface area contributed by atoms with Crippen molar-refractivity contribution in [2.24, 2.45) is 0 Å². The summed E-state index contributed by atoms with van der Waals surface area (Å²) >= 11 is 0. The number of methoxy groups -OCH3 is 1.